The summed E-state index contributed by atoms with van der Waals surface area (Å²) >= 11 is 1.20. The molecule has 4 rings (SSSR count). The zero-order chi connectivity index (χ0) is 26.3. The fourth-order valence-electron chi connectivity index (χ4n) is 4.07. The number of nitrogens with zero attached hydrogens (tertiary/aromatic N) is 4. The first-order valence-corrected chi connectivity index (χ1v) is 12.7. The average molecular weight is 523 g/mol. The van der Waals surface area contributed by atoms with Crippen LogP contribution in [0, 0.1) is 5.41 Å². The lowest BCUT2D eigenvalue weighted by atomic mass is 10.0. The molecule has 1 fully saturated rings. The molecule has 1 aliphatic rings. The van der Waals surface area contributed by atoms with Crippen LogP contribution < -0.4 is 16.4 Å². The normalized spacial score (nSPS) is 15.4. The van der Waals surface area contributed by atoms with Crippen LogP contribution in [-0.2, 0) is 13.1 Å². The van der Waals surface area contributed by atoms with Gasteiger partial charge in [-0.05, 0) is 51.2 Å². The number of rotatable bonds is 8. The van der Waals surface area contributed by atoms with Crippen molar-refractivity contribution in [2.24, 2.45) is 5.73 Å². The van der Waals surface area contributed by atoms with Gasteiger partial charge in [0.2, 0.25) is 0 Å². The molecule has 3 aromatic rings. The van der Waals surface area contributed by atoms with Gasteiger partial charge in [0.05, 0.1) is 23.5 Å². The topological polar surface area (TPSA) is 108 Å². The molecule has 196 valence electrons. The molecule has 0 bridgehead atoms. The number of anilines is 1. The molecule has 0 saturated carbocycles. The Morgan fingerprint density at radius 3 is 2.61 bits per heavy atom. The number of alkyl halides is 3. The molecule has 36 heavy (non-hydrogen) atoms. The molecule has 12 heteroatoms. The molecular formula is C24H33F3N8S. The van der Waals surface area contributed by atoms with Crippen molar-refractivity contribution >= 4 is 34.1 Å². The van der Waals surface area contributed by atoms with Gasteiger partial charge >= 0.3 is 6.18 Å². The highest BCUT2D eigenvalue weighted by Gasteiger charge is 2.31. The van der Waals surface area contributed by atoms with Crippen LogP contribution in [0.2, 0.25) is 0 Å². The van der Waals surface area contributed by atoms with Crippen LogP contribution in [0.3, 0.4) is 0 Å². The lowest BCUT2D eigenvalue weighted by Gasteiger charge is -2.30. The Balaban J connectivity index is 0.00000176. The molecule has 0 atom stereocenters. The Kier molecular flexibility index (Phi) is 9.32. The minimum absolute atomic E-state index is 0.262. The Morgan fingerprint density at radius 1 is 1.25 bits per heavy atom. The third-order valence-corrected chi connectivity index (χ3v) is 6.77. The Bertz CT molecular complexity index is 1180. The lowest BCUT2D eigenvalue weighted by molar-refractivity contribution is -0.139. The number of hydrogen-bond donors (Lipinski definition) is 4. The third kappa shape index (κ3) is 6.76. The second-order valence-corrected chi connectivity index (χ2v) is 9.37. The van der Waals surface area contributed by atoms with Crippen molar-refractivity contribution in [2.45, 2.75) is 52.0 Å². The summed E-state index contributed by atoms with van der Waals surface area (Å²) in [5.74, 6) is 0. The highest BCUT2D eigenvalue weighted by molar-refractivity contribution is 7.14. The van der Waals surface area contributed by atoms with Crippen molar-refractivity contribution in [3.05, 3.63) is 41.2 Å². The van der Waals surface area contributed by atoms with E-state index in [1.807, 2.05) is 19.9 Å². The second-order valence-electron chi connectivity index (χ2n) is 8.31. The average Bonchev–Trinajstić information content (AvgIpc) is 3.47. The van der Waals surface area contributed by atoms with E-state index < -0.39 is 12.7 Å². The predicted molar refractivity (Wildman–Crippen MR) is 140 cm³/mol. The zero-order valence-corrected chi connectivity index (χ0v) is 21.5. The minimum Gasteiger partial charge on any atom is -0.403 e. The van der Waals surface area contributed by atoms with E-state index in [4.69, 9.17) is 11.1 Å². The van der Waals surface area contributed by atoms with E-state index in [1.54, 1.807) is 18.2 Å². The third-order valence-electron chi connectivity index (χ3n) is 5.83. The molecular weight excluding hydrogens is 489 g/mol. The fraction of sp³-hybridized carbons (Fsp3) is 0.458. The molecule has 0 amide bonds. The summed E-state index contributed by atoms with van der Waals surface area (Å²) in [5, 5.41) is 23.7. The molecule has 0 unspecified atom stereocenters. The van der Waals surface area contributed by atoms with E-state index in [0.717, 1.165) is 43.2 Å². The Morgan fingerprint density at radius 2 is 1.97 bits per heavy atom. The van der Waals surface area contributed by atoms with Gasteiger partial charge in [0.25, 0.3) is 0 Å². The standard InChI is InChI=1S/C22H27F3N8S.C2H6/c1-32-7-5-14(6-8-32)29-17-3-2-4-18-16(17)9-19(33(18)13-22(23,24)25)21-31-30-20(34-21)12-28-15(10-26)11-27;1-2/h2-4,9-11,14,26,28-29H,5-8,12-13,27H2,1H3;1-2H3/b15-11+,26-10?;. The smallest absolute Gasteiger partial charge is 0.403 e. The maximum absolute atomic E-state index is 13.5. The summed E-state index contributed by atoms with van der Waals surface area (Å²) < 4.78 is 41.8. The first kappa shape index (κ1) is 27.5. The second kappa shape index (κ2) is 12.2. The Hall–Kier alpha value is -3.12. The van der Waals surface area contributed by atoms with Crippen molar-refractivity contribution in [3.8, 4) is 10.7 Å². The van der Waals surface area contributed by atoms with Crippen LogP contribution >= 0.6 is 11.3 Å². The van der Waals surface area contributed by atoms with Gasteiger partial charge in [0.1, 0.15) is 11.6 Å². The van der Waals surface area contributed by atoms with Gasteiger partial charge in [0.15, 0.2) is 5.01 Å². The molecule has 8 nitrogen and oxygen atoms in total. The van der Waals surface area contributed by atoms with E-state index in [0.29, 0.717) is 26.9 Å². The summed E-state index contributed by atoms with van der Waals surface area (Å²) in [6, 6.07) is 7.43. The SMILES string of the molecule is CC.CN1CCC(Nc2cccc3c2cc(-c2nnc(CN/C(C=N)=C/N)s2)n3CC(F)(F)F)CC1. The van der Waals surface area contributed by atoms with E-state index >= 15 is 0 Å². The molecule has 5 N–H and O–H groups in total. The van der Waals surface area contributed by atoms with E-state index in [2.05, 4.69) is 32.8 Å². The van der Waals surface area contributed by atoms with Gasteiger partial charge in [-0.1, -0.05) is 31.3 Å². The maximum Gasteiger partial charge on any atom is 0.406 e. The molecule has 2 aromatic heterocycles. The van der Waals surface area contributed by atoms with Gasteiger partial charge in [0, 0.05) is 29.5 Å². The summed E-state index contributed by atoms with van der Waals surface area (Å²) in [4.78, 5) is 2.27. The number of halogens is 3. The van der Waals surface area contributed by atoms with Crippen molar-refractivity contribution in [2.75, 3.05) is 25.5 Å². The largest absolute Gasteiger partial charge is 0.406 e. The molecule has 0 spiro atoms. The number of allylic oxidation sites excluding steroid dienone is 1. The quantitative estimate of drug-likeness (QED) is 0.317. The van der Waals surface area contributed by atoms with Gasteiger partial charge in [-0.15, -0.1) is 10.2 Å². The maximum atomic E-state index is 13.5. The highest BCUT2D eigenvalue weighted by Crippen LogP contribution is 2.36. The summed E-state index contributed by atoms with van der Waals surface area (Å²) in [5.41, 5.74) is 7.53. The van der Waals surface area contributed by atoms with Gasteiger partial charge < -0.3 is 31.2 Å². The zero-order valence-electron chi connectivity index (χ0n) is 20.7. The number of nitrogens with two attached hydrogens (primary N) is 1. The van der Waals surface area contributed by atoms with Crippen molar-refractivity contribution in [3.63, 3.8) is 0 Å². The highest BCUT2D eigenvalue weighted by atomic mass is 32.1. The Labute approximate surface area is 212 Å². The van der Waals surface area contributed by atoms with Gasteiger partial charge in [-0.25, -0.2) is 0 Å². The number of aromatic nitrogens is 3. The molecule has 1 aromatic carbocycles. The fourth-order valence-corrected chi connectivity index (χ4v) is 4.88. The first-order valence-electron chi connectivity index (χ1n) is 11.9. The first-order chi connectivity index (χ1) is 17.3. The van der Waals surface area contributed by atoms with Crippen LogP contribution in [0.15, 0.2) is 36.2 Å². The van der Waals surface area contributed by atoms with Crippen LogP contribution in [0.25, 0.3) is 21.6 Å². The molecule has 0 radical (unpaired) electrons. The number of fused-ring (bicyclic) bond motifs is 1. The van der Waals surface area contributed by atoms with Crippen LogP contribution in [0.5, 0.6) is 0 Å². The molecule has 0 aliphatic carbocycles. The number of likely N-dealkylation sites (tertiary alicyclic amines) is 1. The summed E-state index contributed by atoms with van der Waals surface area (Å²) in [6.45, 7) is 5.10. The number of nitrogens with one attached hydrogen (secondary N) is 3. The van der Waals surface area contributed by atoms with Crippen molar-refractivity contribution in [1.82, 2.24) is 25.0 Å². The van der Waals surface area contributed by atoms with Gasteiger partial charge in [-0.2, -0.15) is 13.2 Å². The van der Waals surface area contributed by atoms with Crippen LogP contribution in [-0.4, -0.2) is 58.2 Å². The van der Waals surface area contributed by atoms with Crippen LogP contribution in [0.4, 0.5) is 18.9 Å². The van der Waals surface area contributed by atoms with Crippen molar-refractivity contribution in [1.29, 1.82) is 5.41 Å². The van der Waals surface area contributed by atoms with E-state index in [-0.39, 0.29) is 12.6 Å². The minimum atomic E-state index is -4.39. The summed E-state index contributed by atoms with van der Waals surface area (Å²) in [6.07, 6.45) is -0.107. The van der Waals surface area contributed by atoms with Crippen LogP contribution in [0.1, 0.15) is 31.7 Å². The predicted octanol–water partition coefficient (Wildman–Crippen LogP) is 4.79. The number of piperidine rings is 1. The number of benzene rings is 1. The monoisotopic (exact) mass is 522 g/mol. The summed E-state index contributed by atoms with van der Waals surface area (Å²) in [7, 11) is 2.09. The van der Waals surface area contributed by atoms with Gasteiger partial charge in [-0.3, -0.25) is 0 Å². The van der Waals surface area contributed by atoms with E-state index in [1.165, 1.54) is 22.1 Å². The molecule has 1 saturated heterocycles. The number of hydrogen-bond acceptors (Lipinski definition) is 8. The molecule has 3 heterocycles. The van der Waals surface area contributed by atoms with Crippen molar-refractivity contribution < 1.29 is 13.2 Å². The lowest BCUT2D eigenvalue weighted by Crippen LogP contribution is -2.36. The molecule has 1 aliphatic heterocycles. The van der Waals surface area contributed by atoms with E-state index in [9.17, 15) is 13.2 Å².